The maximum Gasteiger partial charge on any atom is 0.142 e. The van der Waals surface area contributed by atoms with Gasteiger partial charge in [-0.15, -0.1) is 0 Å². The summed E-state index contributed by atoms with van der Waals surface area (Å²) in [7, 11) is 2.00. The van der Waals surface area contributed by atoms with E-state index in [0.717, 1.165) is 51.5 Å². The predicted octanol–water partition coefficient (Wildman–Crippen LogP) is 4.31. The van der Waals surface area contributed by atoms with Crippen molar-refractivity contribution in [2.24, 2.45) is 40.4 Å². The van der Waals surface area contributed by atoms with E-state index in [0.29, 0.717) is 18.1 Å². The standard InChI is InChI=1S/C26H41NO3/c1-25-12-10-17(7-5-4-6-14-27-3)15-21(25)18(16-28)24(30)23-19-8-9-22(29)26(19,2)13-11-20(23)25/h7,18-21,23,27-28H,4-6,8-16H2,1-3H3/b17-7+/t18-,19?,20?,21?,23?,25-,26+/m1/s1. The fraction of sp³-hybridized carbons (Fsp3) is 0.846. The fourth-order valence-electron chi connectivity index (χ4n) is 7.95. The third kappa shape index (κ3) is 3.43. The minimum absolute atomic E-state index is 0.0133. The number of aliphatic hydroxyl groups excluding tert-OH is 1. The highest BCUT2D eigenvalue weighted by Gasteiger charge is 2.64. The highest BCUT2D eigenvalue weighted by molar-refractivity contribution is 5.91. The van der Waals surface area contributed by atoms with E-state index in [-0.39, 0.29) is 46.9 Å². The molecule has 0 aromatic heterocycles. The summed E-state index contributed by atoms with van der Waals surface area (Å²) >= 11 is 0. The lowest BCUT2D eigenvalue weighted by Gasteiger charge is -2.60. The number of allylic oxidation sites excluding steroid dienone is 2. The maximum absolute atomic E-state index is 13.7. The quantitative estimate of drug-likeness (QED) is 0.501. The number of unbranched alkanes of at least 4 members (excludes halogenated alkanes) is 2. The second-order valence-electron chi connectivity index (χ2n) is 11.1. The van der Waals surface area contributed by atoms with Crippen LogP contribution in [0.5, 0.6) is 0 Å². The van der Waals surface area contributed by atoms with Gasteiger partial charge in [0, 0.05) is 23.7 Å². The van der Waals surface area contributed by atoms with E-state index in [4.69, 9.17) is 0 Å². The summed E-state index contributed by atoms with van der Waals surface area (Å²) in [5.41, 5.74) is 1.32. The lowest BCUT2D eigenvalue weighted by molar-refractivity contribution is -0.167. The minimum Gasteiger partial charge on any atom is -0.396 e. The second kappa shape index (κ2) is 8.50. The normalized spacial score (nSPS) is 44.7. The minimum atomic E-state index is -0.299. The van der Waals surface area contributed by atoms with Gasteiger partial charge in [0.2, 0.25) is 0 Å². The number of carbonyl (C=O) groups excluding carboxylic acids is 2. The number of hydrogen-bond donors (Lipinski definition) is 2. The summed E-state index contributed by atoms with van der Waals surface area (Å²) in [5.74, 6) is 1.24. The van der Waals surface area contributed by atoms with Crippen LogP contribution in [0.15, 0.2) is 11.6 Å². The highest BCUT2D eigenvalue weighted by atomic mass is 16.3. The van der Waals surface area contributed by atoms with Crippen LogP contribution in [0.4, 0.5) is 0 Å². The van der Waals surface area contributed by atoms with Crippen molar-refractivity contribution in [2.45, 2.75) is 78.1 Å². The number of rotatable bonds is 6. The van der Waals surface area contributed by atoms with Gasteiger partial charge in [0.1, 0.15) is 11.6 Å². The molecule has 4 rings (SSSR count). The topological polar surface area (TPSA) is 66.4 Å². The smallest absolute Gasteiger partial charge is 0.142 e. The van der Waals surface area contributed by atoms with E-state index < -0.39 is 0 Å². The third-order valence-corrected chi connectivity index (χ3v) is 9.83. The zero-order valence-corrected chi connectivity index (χ0v) is 19.2. The molecule has 2 N–H and O–H groups in total. The van der Waals surface area contributed by atoms with Crippen LogP contribution in [0, 0.1) is 40.4 Å². The molecule has 7 atom stereocenters. The number of hydrogen-bond acceptors (Lipinski definition) is 4. The van der Waals surface area contributed by atoms with Crippen LogP contribution >= 0.6 is 0 Å². The van der Waals surface area contributed by atoms with Crippen LogP contribution in [0.2, 0.25) is 0 Å². The Morgan fingerprint density at radius 1 is 1.07 bits per heavy atom. The summed E-state index contributed by atoms with van der Waals surface area (Å²) < 4.78 is 0. The number of aliphatic hydroxyl groups is 1. The van der Waals surface area contributed by atoms with Crippen molar-refractivity contribution in [2.75, 3.05) is 20.2 Å². The van der Waals surface area contributed by atoms with Crippen molar-refractivity contribution in [1.29, 1.82) is 0 Å². The van der Waals surface area contributed by atoms with Crippen LogP contribution in [0.25, 0.3) is 0 Å². The van der Waals surface area contributed by atoms with Crippen molar-refractivity contribution in [3.8, 4) is 0 Å². The first kappa shape index (κ1) is 22.2. The van der Waals surface area contributed by atoms with Crippen molar-refractivity contribution in [3.05, 3.63) is 11.6 Å². The molecule has 0 bridgehead atoms. The summed E-state index contributed by atoms with van der Waals surface area (Å²) in [4.78, 5) is 26.4. The maximum atomic E-state index is 13.7. The van der Waals surface area contributed by atoms with Gasteiger partial charge < -0.3 is 10.4 Å². The van der Waals surface area contributed by atoms with Crippen LogP contribution in [-0.4, -0.2) is 36.9 Å². The van der Waals surface area contributed by atoms with Gasteiger partial charge in [0.05, 0.1) is 6.61 Å². The van der Waals surface area contributed by atoms with Crippen LogP contribution in [-0.2, 0) is 9.59 Å². The van der Waals surface area contributed by atoms with E-state index in [1.807, 2.05) is 7.05 Å². The van der Waals surface area contributed by atoms with Crippen LogP contribution < -0.4 is 5.32 Å². The van der Waals surface area contributed by atoms with Gasteiger partial charge in [-0.25, -0.2) is 0 Å². The Labute approximate surface area is 182 Å². The van der Waals surface area contributed by atoms with Gasteiger partial charge in [-0.05, 0) is 94.5 Å². The van der Waals surface area contributed by atoms with Crippen molar-refractivity contribution in [3.63, 3.8) is 0 Å². The largest absolute Gasteiger partial charge is 0.396 e. The van der Waals surface area contributed by atoms with Gasteiger partial charge in [-0.3, -0.25) is 9.59 Å². The zero-order chi connectivity index (χ0) is 21.5. The average molecular weight is 416 g/mol. The summed E-state index contributed by atoms with van der Waals surface area (Å²) in [6.07, 6.45) is 12.6. The molecular weight excluding hydrogens is 374 g/mol. The van der Waals surface area contributed by atoms with E-state index >= 15 is 0 Å². The predicted molar refractivity (Wildman–Crippen MR) is 119 cm³/mol. The first-order chi connectivity index (χ1) is 14.4. The number of fused-ring (bicyclic) bond motifs is 5. The molecule has 0 heterocycles. The van der Waals surface area contributed by atoms with E-state index in [9.17, 15) is 14.7 Å². The number of nitrogens with one attached hydrogen (secondary N) is 1. The van der Waals surface area contributed by atoms with Crippen molar-refractivity contribution in [1.82, 2.24) is 5.32 Å². The van der Waals surface area contributed by atoms with Gasteiger partial charge in [0.15, 0.2) is 0 Å². The summed E-state index contributed by atoms with van der Waals surface area (Å²) in [5, 5.41) is 13.5. The van der Waals surface area contributed by atoms with Crippen molar-refractivity contribution < 1.29 is 14.7 Å². The monoisotopic (exact) mass is 415 g/mol. The molecule has 0 aromatic rings. The molecule has 4 unspecified atom stereocenters. The number of carbonyl (C=O) groups is 2. The Balaban J connectivity index is 1.56. The molecule has 4 nitrogen and oxygen atoms in total. The lowest BCUT2D eigenvalue weighted by Crippen LogP contribution is -2.60. The molecule has 4 aliphatic rings. The Morgan fingerprint density at radius 2 is 1.87 bits per heavy atom. The van der Waals surface area contributed by atoms with Crippen LogP contribution in [0.1, 0.15) is 78.1 Å². The van der Waals surface area contributed by atoms with Gasteiger partial charge >= 0.3 is 0 Å². The Hall–Kier alpha value is -1.00. The molecule has 4 fully saturated rings. The third-order valence-electron chi connectivity index (χ3n) is 9.83. The number of ketones is 2. The molecule has 0 amide bonds. The molecule has 0 aromatic carbocycles. The van der Waals surface area contributed by atoms with Crippen molar-refractivity contribution >= 4 is 11.6 Å². The first-order valence-corrected chi connectivity index (χ1v) is 12.4. The Morgan fingerprint density at radius 3 is 2.60 bits per heavy atom. The molecular formula is C26H41NO3. The fourth-order valence-corrected chi connectivity index (χ4v) is 7.95. The van der Waals surface area contributed by atoms with Gasteiger partial charge in [-0.1, -0.05) is 25.5 Å². The van der Waals surface area contributed by atoms with Gasteiger partial charge in [-0.2, -0.15) is 0 Å². The summed E-state index contributed by atoms with van der Waals surface area (Å²) in [6.45, 7) is 5.56. The van der Waals surface area contributed by atoms with E-state index in [2.05, 4.69) is 25.2 Å². The summed E-state index contributed by atoms with van der Waals surface area (Å²) in [6, 6.07) is 0. The lowest BCUT2D eigenvalue weighted by atomic mass is 9.42. The molecule has 4 saturated carbocycles. The Kier molecular flexibility index (Phi) is 6.29. The van der Waals surface area contributed by atoms with E-state index in [1.54, 1.807) is 0 Å². The SMILES string of the molecule is CNCCCC/C=C1\CC[C@]2(C)C3CC[C@]4(C)C(=O)CCC4C3C(=O)[C@H](CO)C2C1. The molecule has 0 saturated heterocycles. The first-order valence-electron chi connectivity index (χ1n) is 12.4. The molecule has 4 heteroatoms. The Bertz CT molecular complexity index is 715. The second-order valence-corrected chi connectivity index (χ2v) is 11.1. The van der Waals surface area contributed by atoms with E-state index in [1.165, 1.54) is 18.4 Å². The van der Waals surface area contributed by atoms with Gasteiger partial charge in [0.25, 0.3) is 0 Å². The molecule has 0 radical (unpaired) electrons. The molecule has 0 aliphatic heterocycles. The highest BCUT2D eigenvalue weighted by Crippen LogP contribution is 2.66. The molecule has 0 spiro atoms. The average Bonchev–Trinajstić information content (AvgIpc) is 3.04. The zero-order valence-electron chi connectivity index (χ0n) is 19.2. The van der Waals surface area contributed by atoms with Crippen LogP contribution in [0.3, 0.4) is 0 Å². The molecule has 30 heavy (non-hydrogen) atoms. The molecule has 4 aliphatic carbocycles. The number of Topliss-reactive ketones (excluding diaryl/α,β-unsaturated/α-hetero) is 2. The molecule has 168 valence electrons.